The minimum atomic E-state index is -0.501. The van der Waals surface area contributed by atoms with Gasteiger partial charge >= 0.3 is 0 Å². The molecule has 4 nitrogen and oxygen atoms in total. The van der Waals surface area contributed by atoms with Gasteiger partial charge < -0.3 is 10.2 Å². The van der Waals surface area contributed by atoms with E-state index in [9.17, 15) is 9.59 Å². The first-order valence-corrected chi connectivity index (χ1v) is 11.3. The summed E-state index contributed by atoms with van der Waals surface area (Å²) in [4.78, 5) is 27.1. The van der Waals surface area contributed by atoms with Gasteiger partial charge in [-0.15, -0.1) is 11.8 Å². The molecular formula is C22H26Cl2N2O2S. The molecular weight excluding hydrogens is 427 g/mol. The summed E-state index contributed by atoms with van der Waals surface area (Å²) >= 11 is 13.5. The number of likely N-dealkylation sites (N-methyl/N-ethyl adjacent to an activating group) is 1. The highest BCUT2D eigenvalue weighted by atomic mass is 35.5. The maximum Gasteiger partial charge on any atom is 0.242 e. The van der Waals surface area contributed by atoms with Crippen LogP contribution in [-0.4, -0.2) is 35.6 Å². The van der Waals surface area contributed by atoms with Gasteiger partial charge in [-0.05, 0) is 36.6 Å². The second-order valence-electron chi connectivity index (χ2n) is 6.79. The Hall–Kier alpha value is -1.69. The van der Waals surface area contributed by atoms with E-state index >= 15 is 0 Å². The van der Waals surface area contributed by atoms with Crippen LogP contribution in [0, 0.1) is 6.92 Å². The highest BCUT2D eigenvalue weighted by molar-refractivity contribution is 7.99. The first-order chi connectivity index (χ1) is 13.8. The first kappa shape index (κ1) is 23.6. The molecule has 1 unspecified atom stereocenters. The molecule has 0 bridgehead atoms. The SMILES string of the molecule is CCC(C(=O)NC)N(Cc1cccc(C)c1)C(=O)CSCc1ccc(Cl)c(Cl)c1. The van der Waals surface area contributed by atoms with Crippen molar-refractivity contribution < 1.29 is 9.59 Å². The molecule has 2 rings (SSSR count). The van der Waals surface area contributed by atoms with Crippen molar-refractivity contribution in [3.63, 3.8) is 0 Å². The number of nitrogens with one attached hydrogen (secondary N) is 1. The van der Waals surface area contributed by atoms with Crippen LogP contribution < -0.4 is 5.32 Å². The lowest BCUT2D eigenvalue weighted by atomic mass is 10.1. The molecule has 0 fully saturated rings. The van der Waals surface area contributed by atoms with Gasteiger partial charge in [0.1, 0.15) is 6.04 Å². The Kier molecular flexibility index (Phi) is 9.34. The van der Waals surface area contributed by atoms with Gasteiger partial charge in [0.15, 0.2) is 0 Å². The molecule has 0 aliphatic heterocycles. The lowest BCUT2D eigenvalue weighted by Gasteiger charge is -2.30. The van der Waals surface area contributed by atoms with Crippen molar-refractivity contribution in [3.05, 3.63) is 69.2 Å². The van der Waals surface area contributed by atoms with E-state index < -0.39 is 6.04 Å². The summed E-state index contributed by atoms with van der Waals surface area (Å²) in [6, 6.07) is 13.0. The lowest BCUT2D eigenvalue weighted by molar-refractivity contribution is -0.139. The number of aryl methyl sites for hydroxylation is 1. The van der Waals surface area contributed by atoms with Crippen molar-refractivity contribution in [3.8, 4) is 0 Å². The van der Waals surface area contributed by atoms with Crippen molar-refractivity contribution in [2.24, 2.45) is 0 Å². The van der Waals surface area contributed by atoms with E-state index in [1.807, 2.05) is 50.2 Å². The van der Waals surface area contributed by atoms with Crippen molar-refractivity contribution >= 4 is 46.8 Å². The van der Waals surface area contributed by atoms with E-state index in [-0.39, 0.29) is 17.6 Å². The molecule has 156 valence electrons. The minimum Gasteiger partial charge on any atom is -0.357 e. The van der Waals surface area contributed by atoms with Crippen LogP contribution in [0.3, 0.4) is 0 Å². The van der Waals surface area contributed by atoms with Crippen LogP contribution in [0.15, 0.2) is 42.5 Å². The van der Waals surface area contributed by atoms with Gasteiger partial charge in [-0.25, -0.2) is 0 Å². The summed E-state index contributed by atoms with van der Waals surface area (Å²) < 4.78 is 0. The largest absolute Gasteiger partial charge is 0.357 e. The Labute approximate surface area is 187 Å². The minimum absolute atomic E-state index is 0.0629. The van der Waals surface area contributed by atoms with Crippen LogP contribution in [0.1, 0.15) is 30.0 Å². The number of hydrogen-bond donors (Lipinski definition) is 1. The molecule has 2 amide bonds. The number of rotatable bonds is 9. The van der Waals surface area contributed by atoms with Crippen LogP contribution in [-0.2, 0) is 21.9 Å². The molecule has 0 aliphatic carbocycles. The Morgan fingerprint density at radius 3 is 2.48 bits per heavy atom. The maximum atomic E-state index is 13.0. The highest BCUT2D eigenvalue weighted by Crippen LogP contribution is 2.25. The molecule has 2 aromatic carbocycles. The molecule has 1 N–H and O–H groups in total. The average molecular weight is 453 g/mol. The molecule has 7 heteroatoms. The number of amides is 2. The van der Waals surface area contributed by atoms with Gasteiger partial charge in [-0.1, -0.05) is 66.0 Å². The number of nitrogens with zero attached hydrogens (tertiary/aromatic N) is 1. The summed E-state index contributed by atoms with van der Waals surface area (Å²) in [6.07, 6.45) is 0.550. The summed E-state index contributed by atoms with van der Waals surface area (Å²) in [6.45, 7) is 4.33. The van der Waals surface area contributed by atoms with Crippen molar-refractivity contribution in [1.82, 2.24) is 10.2 Å². The summed E-state index contributed by atoms with van der Waals surface area (Å²) in [7, 11) is 1.60. The van der Waals surface area contributed by atoms with Crippen LogP contribution in [0.2, 0.25) is 10.0 Å². The van der Waals surface area contributed by atoms with E-state index in [2.05, 4.69) is 5.32 Å². The number of benzene rings is 2. The Morgan fingerprint density at radius 2 is 1.86 bits per heavy atom. The smallest absolute Gasteiger partial charge is 0.242 e. The Morgan fingerprint density at radius 1 is 1.10 bits per heavy atom. The van der Waals surface area contributed by atoms with E-state index in [4.69, 9.17) is 23.2 Å². The van der Waals surface area contributed by atoms with Crippen LogP contribution in [0.25, 0.3) is 0 Å². The van der Waals surface area contributed by atoms with Gasteiger partial charge in [-0.2, -0.15) is 0 Å². The maximum absolute atomic E-state index is 13.0. The van der Waals surface area contributed by atoms with Crippen molar-refractivity contribution in [2.75, 3.05) is 12.8 Å². The molecule has 1 atom stereocenters. The number of carbonyl (C=O) groups excluding carboxylic acids is 2. The molecule has 0 heterocycles. The third-order valence-electron chi connectivity index (χ3n) is 4.55. The molecule has 0 saturated heterocycles. The normalized spacial score (nSPS) is 11.8. The fourth-order valence-corrected chi connectivity index (χ4v) is 4.24. The Bertz CT molecular complexity index is 860. The quantitative estimate of drug-likeness (QED) is 0.576. The number of thioether (sulfide) groups is 1. The second kappa shape index (κ2) is 11.5. The molecule has 0 aromatic heterocycles. The third kappa shape index (κ3) is 6.95. The van der Waals surface area contributed by atoms with E-state index in [1.165, 1.54) is 11.8 Å². The second-order valence-corrected chi connectivity index (χ2v) is 8.59. The lowest BCUT2D eigenvalue weighted by Crippen LogP contribution is -2.48. The molecule has 29 heavy (non-hydrogen) atoms. The molecule has 2 aromatic rings. The zero-order valence-corrected chi connectivity index (χ0v) is 19.2. The number of halogens is 2. The third-order valence-corrected chi connectivity index (χ3v) is 6.27. The molecule has 0 radical (unpaired) electrons. The first-order valence-electron chi connectivity index (χ1n) is 9.44. The van der Waals surface area contributed by atoms with Gasteiger partial charge in [0.2, 0.25) is 11.8 Å². The standard InChI is InChI=1S/C22H26Cl2N2O2S/c1-4-20(22(28)25-3)26(12-16-7-5-6-15(2)10-16)21(27)14-29-13-17-8-9-18(23)19(24)11-17/h5-11,20H,4,12-14H2,1-3H3,(H,25,28). The molecule has 0 aliphatic rings. The van der Waals surface area contributed by atoms with Gasteiger partial charge in [-0.3, -0.25) is 9.59 Å². The summed E-state index contributed by atoms with van der Waals surface area (Å²) in [5, 5.41) is 3.69. The number of hydrogen-bond acceptors (Lipinski definition) is 3. The van der Waals surface area contributed by atoms with E-state index in [0.29, 0.717) is 28.8 Å². The van der Waals surface area contributed by atoms with E-state index in [0.717, 1.165) is 16.7 Å². The van der Waals surface area contributed by atoms with Crippen LogP contribution in [0.4, 0.5) is 0 Å². The predicted octanol–water partition coefficient (Wildman–Crippen LogP) is 5.09. The summed E-state index contributed by atoms with van der Waals surface area (Å²) in [5.74, 6) is 0.701. The average Bonchev–Trinajstić information content (AvgIpc) is 2.70. The fraction of sp³-hybridized carbons (Fsp3) is 0.364. The summed E-state index contributed by atoms with van der Waals surface area (Å²) in [5.41, 5.74) is 3.13. The zero-order chi connectivity index (χ0) is 21.4. The van der Waals surface area contributed by atoms with E-state index in [1.54, 1.807) is 18.0 Å². The zero-order valence-electron chi connectivity index (χ0n) is 16.9. The van der Waals surface area contributed by atoms with Crippen molar-refractivity contribution in [1.29, 1.82) is 0 Å². The van der Waals surface area contributed by atoms with Gasteiger partial charge in [0.05, 0.1) is 15.8 Å². The molecule has 0 saturated carbocycles. The van der Waals surface area contributed by atoms with Crippen molar-refractivity contribution in [2.45, 2.75) is 38.6 Å². The Balaban J connectivity index is 2.10. The van der Waals surface area contributed by atoms with Gasteiger partial charge in [0, 0.05) is 19.3 Å². The number of carbonyl (C=O) groups is 2. The highest BCUT2D eigenvalue weighted by Gasteiger charge is 2.27. The van der Waals surface area contributed by atoms with Crippen LogP contribution in [0.5, 0.6) is 0 Å². The monoisotopic (exact) mass is 452 g/mol. The predicted molar refractivity (Wildman–Crippen MR) is 122 cm³/mol. The van der Waals surface area contributed by atoms with Gasteiger partial charge in [0.25, 0.3) is 0 Å². The van der Waals surface area contributed by atoms with Crippen LogP contribution >= 0.6 is 35.0 Å². The fourth-order valence-electron chi connectivity index (χ4n) is 3.06. The molecule has 0 spiro atoms. The topological polar surface area (TPSA) is 49.4 Å².